The average Bonchev–Trinajstić information content (AvgIpc) is 3.33. The second-order valence-corrected chi connectivity index (χ2v) is 19.2. The highest BCUT2D eigenvalue weighted by molar-refractivity contribution is 5.74. The lowest BCUT2D eigenvalue weighted by Gasteiger charge is -2.40. The maximum atomic E-state index is 13.1. The van der Waals surface area contributed by atoms with Gasteiger partial charge in [-0.1, -0.05) is 198 Å². The van der Waals surface area contributed by atoms with Crippen molar-refractivity contribution >= 4 is 23.9 Å². The summed E-state index contributed by atoms with van der Waals surface area (Å²) in [7, 11) is 0. The van der Waals surface area contributed by atoms with Crippen molar-refractivity contribution in [2.24, 2.45) is 0 Å². The summed E-state index contributed by atoms with van der Waals surface area (Å²) in [5.41, 5.74) is 0. The van der Waals surface area contributed by atoms with Crippen LogP contribution in [-0.2, 0) is 42.9 Å². The molecule has 12 nitrogen and oxygen atoms in total. The number of allylic oxidation sites excluding steroid dienone is 6. The number of aliphatic hydroxyl groups excluding tert-OH is 2. The predicted molar refractivity (Wildman–Crippen MR) is 276 cm³/mol. The number of carboxylic acids is 1. The molecule has 0 amide bonds. The highest BCUT2D eigenvalue weighted by atomic mass is 16.7. The zero-order valence-corrected chi connectivity index (χ0v) is 43.8. The van der Waals surface area contributed by atoms with Gasteiger partial charge in [0.15, 0.2) is 24.6 Å². The van der Waals surface area contributed by atoms with Crippen molar-refractivity contribution in [2.75, 3.05) is 13.2 Å². The second kappa shape index (κ2) is 46.0. The molecular weight excluding hydrogens is 877 g/mol. The van der Waals surface area contributed by atoms with E-state index in [9.17, 15) is 34.5 Å². The molecule has 6 atom stereocenters. The minimum Gasteiger partial charge on any atom is -0.479 e. The number of carboxylic acid groups (broad SMARTS) is 1. The first-order chi connectivity index (χ1) is 33.6. The van der Waals surface area contributed by atoms with Crippen LogP contribution < -0.4 is 0 Å². The zero-order chi connectivity index (χ0) is 50.4. The lowest BCUT2D eigenvalue weighted by molar-refractivity contribution is -0.301. The third-order valence-corrected chi connectivity index (χ3v) is 12.7. The normalized spacial score (nSPS) is 18.9. The number of carbonyl (C=O) groups is 4. The highest BCUT2D eigenvalue weighted by Gasteiger charge is 2.50. The van der Waals surface area contributed by atoms with Gasteiger partial charge < -0.3 is 39.0 Å². The van der Waals surface area contributed by atoms with Crippen LogP contribution in [0, 0.1) is 0 Å². The van der Waals surface area contributed by atoms with Crippen LogP contribution in [-0.4, -0.2) is 89.2 Å². The number of aliphatic carboxylic acids is 1. The fraction of sp³-hybridized carbons (Fsp3) is 0.825. The number of unbranched alkanes of at least 4 members (excludes halogenated alkanes) is 27. The van der Waals surface area contributed by atoms with Gasteiger partial charge in [-0.05, 0) is 70.6 Å². The third kappa shape index (κ3) is 36.5. The summed E-state index contributed by atoms with van der Waals surface area (Å²) in [4.78, 5) is 50.9. The van der Waals surface area contributed by atoms with Crippen molar-refractivity contribution in [1.29, 1.82) is 0 Å². The van der Waals surface area contributed by atoms with Crippen molar-refractivity contribution < 1.29 is 58.2 Å². The largest absolute Gasteiger partial charge is 0.479 e. The number of carbonyl (C=O) groups excluding carboxylic acids is 3. The lowest BCUT2D eigenvalue weighted by Crippen LogP contribution is -2.61. The van der Waals surface area contributed by atoms with Crippen molar-refractivity contribution in [3.63, 3.8) is 0 Å². The van der Waals surface area contributed by atoms with E-state index in [4.69, 9.17) is 23.7 Å². The molecule has 0 aliphatic carbocycles. The Hall–Kier alpha value is -3.06. The Morgan fingerprint density at radius 1 is 0.478 bits per heavy atom. The topological polar surface area (TPSA) is 175 Å². The molecule has 12 heteroatoms. The molecule has 1 heterocycles. The number of hydrogen-bond donors (Lipinski definition) is 3. The Balaban J connectivity index is 2.69. The van der Waals surface area contributed by atoms with Crippen LogP contribution in [0.4, 0.5) is 0 Å². The van der Waals surface area contributed by atoms with E-state index in [2.05, 4.69) is 57.2 Å². The zero-order valence-electron chi connectivity index (χ0n) is 43.8. The summed E-state index contributed by atoms with van der Waals surface area (Å²) in [6.07, 6.45) is 40.0. The molecule has 69 heavy (non-hydrogen) atoms. The number of hydrogen-bond acceptors (Lipinski definition) is 11. The van der Waals surface area contributed by atoms with Crippen LogP contribution in [0.1, 0.15) is 252 Å². The second-order valence-electron chi connectivity index (χ2n) is 19.2. The smallest absolute Gasteiger partial charge is 0.335 e. The minimum absolute atomic E-state index is 0.0612. The van der Waals surface area contributed by atoms with Crippen LogP contribution >= 0.6 is 0 Å². The molecule has 3 N–H and O–H groups in total. The van der Waals surface area contributed by atoms with Crippen LogP contribution in [0.3, 0.4) is 0 Å². The fourth-order valence-corrected chi connectivity index (χ4v) is 8.34. The van der Waals surface area contributed by atoms with Gasteiger partial charge in [-0.3, -0.25) is 14.4 Å². The maximum Gasteiger partial charge on any atom is 0.335 e. The summed E-state index contributed by atoms with van der Waals surface area (Å²) in [6, 6.07) is 0. The molecule has 0 aromatic carbocycles. The first-order valence-corrected chi connectivity index (χ1v) is 28.0. The Morgan fingerprint density at radius 3 is 1.38 bits per heavy atom. The first-order valence-electron chi connectivity index (χ1n) is 28.0. The molecule has 400 valence electrons. The van der Waals surface area contributed by atoms with Crippen LogP contribution in [0.15, 0.2) is 36.5 Å². The van der Waals surface area contributed by atoms with E-state index in [1.54, 1.807) is 0 Å². The summed E-state index contributed by atoms with van der Waals surface area (Å²) in [5, 5.41) is 31.3. The van der Waals surface area contributed by atoms with E-state index < -0.39 is 67.3 Å². The van der Waals surface area contributed by atoms with Crippen molar-refractivity contribution in [3.8, 4) is 0 Å². The van der Waals surface area contributed by atoms with Gasteiger partial charge in [0.2, 0.25) is 0 Å². The van der Waals surface area contributed by atoms with Gasteiger partial charge in [-0.15, -0.1) is 0 Å². The van der Waals surface area contributed by atoms with Gasteiger partial charge in [0.05, 0.1) is 6.61 Å². The van der Waals surface area contributed by atoms with Crippen molar-refractivity contribution in [3.05, 3.63) is 36.5 Å². The van der Waals surface area contributed by atoms with Gasteiger partial charge in [-0.25, -0.2) is 4.79 Å². The van der Waals surface area contributed by atoms with Gasteiger partial charge in [0.25, 0.3) is 0 Å². The summed E-state index contributed by atoms with van der Waals surface area (Å²) in [5.74, 6) is -3.13. The molecule has 0 saturated carbocycles. The molecule has 1 fully saturated rings. The first kappa shape index (κ1) is 64.0. The lowest BCUT2D eigenvalue weighted by atomic mass is 9.98. The number of rotatable bonds is 47. The average molecular weight is 977 g/mol. The number of aliphatic hydroxyl groups is 2. The SMILES string of the molecule is CCC/C=C\C/C=C\CCCCCCCC(=O)OC(COC(=O)CCCCCCCCC/C=C\CCCCCCCC)COC1OC(C(=O)O)C(O)C(O)C1OC(=O)CCCCCCCCCCC. The standard InChI is InChI=1S/C57H100O12/c1-4-7-10-13-16-19-21-23-24-25-26-28-29-32-34-37-40-43-49(58)65-46-48(67-50(59)44-41-38-36-33-30-27-22-20-17-14-11-8-5-2)47-66-57-55(53(62)52(61)54(69-57)56(63)64)68-51(60)45-42-39-35-31-18-15-12-9-6-3/h11,14,20,22-24,48,52-55,57,61-62H,4-10,12-13,15-19,21,25-47H2,1-3H3,(H,63,64)/b14-11-,22-20-,24-23-. The quantitative estimate of drug-likeness (QED) is 0.0228. The van der Waals surface area contributed by atoms with E-state index in [0.29, 0.717) is 19.3 Å². The summed E-state index contributed by atoms with van der Waals surface area (Å²) < 4.78 is 28.3. The van der Waals surface area contributed by atoms with Gasteiger partial charge in [0.1, 0.15) is 18.8 Å². The van der Waals surface area contributed by atoms with Gasteiger partial charge >= 0.3 is 23.9 Å². The molecule has 1 saturated heterocycles. The Bertz CT molecular complexity index is 1350. The third-order valence-electron chi connectivity index (χ3n) is 12.7. The molecular formula is C57H100O12. The van der Waals surface area contributed by atoms with Crippen molar-refractivity contribution in [1.82, 2.24) is 0 Å². The van der Waals surface area contributed by atoms with E-state index in [1.165, 1.54) is 89.9 Å². The van der Waals surface area contributed by atoms with Crippen LogP contribution in [0.2, 0.25) is 0 Å². The van der Waals surface area contributed by atoms with Crippen LogP contribution in [0.5, 0.6) is 0 Å². The maximum absolute atomic E-state index is 13.1. The minimum atomic E-state index is -1.90. The highest BCUT2D eigenvalue weighted by Crippen LogP contribution is 2.26. The summed E-state index contributed by atoms with van der Waals surface area (Å²) in [6.45, 7) is 5.87. The van der Waals surface area contributed by atoms with Gasteiger partial charge in [-0.2, -0.15) is 0 Å². The van der Waals surface area contributed by atoms with E-state index >= 15 is 0 Å². The predicted octanol–water partition coefficient (Wildman–Crippen LogP) is 13.7. The van der Waals surface area contributed by atoms with Crippen LogP contribution in [0.25, 0.3) is 0 Å². The molecule has 1 aliphatic heterocycles. The molecule has 0 aromatic heterocycles. The molecule has 0 bridgehead atoms. The van der Waals surface area contributed by atoms with Crippen molar-refractivity contribution in [2.45, 2.75) is 289 Å². The monoisotopic (exact) mass is 977 g/mol. The molecule has 0 aromatic rings. The molecule has 1 aliphatic rings. The van der Waals surface area contributed by atoms with E-state index in [0.717, 1.165) is 103 Å². The Labute approximate surface area is 419 Å². The van der Waals surface area contributed by atoms with E-state index in [1.807, 2.05) is 0 Å². The van der Waals surface area contributed by atoms with Gasteiger partial charge in [0, 0.05) is 19.3 Å². The fourth-order valence-electron chi connectivity index (χ4n) is 8.34. The molecule has 6 unspecified atom stereocenters. The molecule has 1 rings (SSSR count). The van der Waals surface area contributed by atoms with E-state index in [-0.39, 0.29) is 25.9 Å². The molecule has 0 spiro atoms. The summed E-state index contributed by atoms with van der Waals surface area (Å²) >= 11 is 0. The number of ether oxygens (including phenoxy) is 5. The Kier molecular flexibility index (Phi) is 42.7. The number of esters is 3. The Morgan fingerprint density at radius 2 is 0.899 bits per heavy atom. The molecule has 0 radical (unpaired) electrons.